The number of carboxylic acids is 1. The molecule has 0 saturated carbocycles. The van der Waals surface area contributed by atoms with Gasteiger partial charge >= 0.3 is 5.97 Å². The number of pyridine rings is 2. The molecule has 3 aromatic rings. The molecule has 1 N–H and O–H groups in total. The van der Waals surface area contributed by atoms with Crippen LogP contribution in [0.15, 0.2) is 40.6 Å². The average Bonchev–Trinajstić information content (AvgIpc) is 3.32. The number of aryl methyl sites for hydroxylation is 1. The Kier molecular flexibility index (Phi) is 6.03. The maximum atomic E-state index is 13.2. The van der Waals surface area contributed by atoms with Crippen molar-refractivity contribution in [2.24, 2.45) is 0 Å². The Morgan fingerprint density at radius 1 is 1.16 bits per heavy atom. The van der Waals surface area contributed by atoms with Gasteiger partial charge in [-0.25, -0.2) is 9.78 Å². The van der Waals surface area contributed by atoms with E-state index >= 15 is 0 Å². The molecular weight excluding hydrogens is 416 g/mol. The van der Waals surface area contributed by atoms with Crippen molar-refractivity contribution in [1.29, 1.82) is 0 Å². The third-order valence-electron chi connectivity index (χ3n) is 5.56. The van der Waals surface area contributed by atoms with Crippen molar-refractivity contribution in [3.63, 3.8) is 0 Å². The minimum absolute atomic E-state index is 0.0189. The number of hydrogen-bond donors (Lipinski definition) is 1. The van der Waals surface area contributed by atoms with E-state index in [0.717, 1.165) is 12.8 Å². The molecule has 0 radical (unpaired) electrons. The Hall–Kier alpha value is -3.20. The molecule has 31 heavy (non-hydrogen) atoms. The van der Waals surface area contributed by atoms with E-state index in [9.17, 15) is 19.5 Å². The van der Waals surface area contributed by atoms with E-state index < -0.39 is 11.5 Å². The highest BCUT2D eigenvalue weighted by molar-refractivity contribution is 7.12. The zero-order valence-electron chi connectivity index (χ0n) is 17.3. The number of amides is 1. The number of aromatic nitrogens is 2. The van der Waals surface area contributed by atoms with Gasteiger partial charge in [0, 0.05) is 44.3 Å². The predicted molar refractivity (Wildman–Crippen MR) is 120 cm³/mol. The zero-order valence-corrected chi connectivity index (χ0v) is 18.1. The molecule has 9 heteroatoms. The molecule has 0 aromatic carbocycles. The number of thiophene rings is 1. The molecule has 162 valence electrons. The molecule has 0 atom stereocenters. The Labute approximate surface area is 183 Å². The van der Waals surface area contributed by atoms with E-state index in [-0.39, 0.29) is 11.5 Å². The first-order valence-electron chi connectivity index (χ1n) is 10.4. The van der Waals surface area contributed by atoms with Crippen LogP contribution >= 0.6 is 11.3 Å². The van der Waals surface area contributed by atoms with Gasteiger partial charge < -0.3 is 14.9 Å². The van der Waals surface area contributed by atoms with Crippen LogP contribution in [0.25, 0.3) is 11.0 Å². The van der Waals surface area contributed by atoms with Gasteiger partial charge in [-0.05, 0) is 30.0 Å². The van der Waals surface area contributed by atoms with Crippen LogP contribution in [0.2, 0.25) is 0 Å². The first-order valence-corrected chi connectivity index (χ1v) is 11.2. The molecule has 3 aromatic heterocycles. The largest absolute Gasteiger partial charge is 0.477 e. The number of anilines is 1. The summed E-state index contributed by atoms with van der Waals surface area (Å²) in [6, 6.07) is 7.22. The Morgan fingerprint density at radius 2 is 1.94 bits per heavy atom. The average molecular weight is 441 g/mol. The molecule has 0 spiro atoms. The van der Waals surface area contributed by atoms with E-state index in [1.54, 1.807) is 23.2 Å². The summed E-state index contributed by atoms with van der Waals surface area (Å²) in [5.74, 6) is -1.26. The fourth-order valence-electron chi connectivity index (χ4n) is 4.00. The molecule has 4 rings (SSSR count). The summed E-state index contributed by atoms with van der Waals surface area (Å²) in [7, 11) is 0. The summed E-state index contributed by atoms with van der Waals surface area (Å²) >= 11 is 1.41. The topological polar surface area (TPSA) is 95.7 Å². The van der Waals surface area contributed by atoms with Crippen LogP contribution in [0.1, 0.15) is 39.8 Å². The molecule has 1 aliphatic heterocycles. The summed E-state index contributed by atoms with van der Waals surface area (Å²) in [4.78, 5) is 46.7. The lowest BCUT2D eigenvalue weighted by Gasteiger charge is -2.37. The standard InChI is InChI=1S/C22H24N4O4S/c1-2-3-9-26-19-15(6-4-8-23-19)18(17(21(26)28)22(29)30)24-10-12-25(13-11-24)20(27)16-7-5-14-31-16/h4-8,14H,2-3,9-13H2,1H3,(H,29,30). The number of carboxylic acid groups (broad SMARTS) is 1. The van der Waals surface area contributed by atoms with Crippen LogP contribution in [-0.2, 0) is 6.54 Å². The van der Waals surface area contributed by atoms with Crippen molar-refractivity contribution in [3.8, 4) is 0 Å². The second-order valence-electron chi connectivity index (χ2n) is 7.47. The SMILES string of the molecule is CCCCn1c(=O)c(C(=O)O)c(N2CCN(C(=O)c3cccs3)CC2)c2cccnc21. The smallest absolute Gasteiger partial charge is 0.343 e. The second-order valence-corrected chi connectivity index (χ2v) is 8.42. The quantitative estimate of drug-likeness (QED) is 0.633. The molecule has 1 saturated heterocycles. The molecule has 0 unspecified atom stereocenters. The molecule has 4 heterocycles. The number of carbonyl (C=O) groups excluding carboxylic acids is 1. The van der Waals surface area contributed by atoms with Crippen LogP contribution in [0.5, 0.6) is 0 Å². The summed E-state index contributed by atoms with van der Waals surface area (Å²) in [5.41, 5.74) is 0.142. The van der Waals surface area contributed by atoms with Crippen LogP contribution < -0.4 is 10.5 Å². The first kappa shape index (κ1) is 21.0. The summed E-state index contributed by atoms with van der Waals surface area (Å²) in [6.07, 6.45) is 3.25. The first-order chi connectivity index (χ1) is 15.0. The third-order valence-corrected chi connectivity index (χ3v) is 6.42. The number of aromatic carboxylic acids is 1. The van der Waals surface area contributed by atoms with Crippen molar-refractivity contribution < 1.29 is 14.7 Å². The summed E-state index contributed by atoms with van der Waals surface area (Å²) in [5, 5.41) is 12.4. The minimum Gasteiger partial charge on any atom is -0.477 e. The predicted octanol–water partition coefficient (Wildman–Crippen LogP) is 2.92. The number of piperazine rings is 1. The number of fused-ring (bicyclic) bond motifs is 1. The Bertz CT molecular complexity index is 1160. The van der Waals surface area contributed by atoms with Gasteiger partial charge in [0.05, 0.1) is 10.6 Å². The van der Waals surface area contributed by atoms with Crippen LogP contribution in [-0.4, -0.2) is 57.6 Å². The molecule has 1 fully saturated rings. The number of rotatable bonds is 6. The van der Waals surface area contributed by atoms with Crippen molar-refractivity contribution in [3.05, 3.63) is 56.6 Å². The number of nitrogens with zero attached hydrogens (tertiary/aromatic N) is 4. The lowest BCUT2D eigenvalue weighted by atomic mass is 10.1. The lowest BCUT2D eigenvalue weighted by Crippen LogP contribution is -2.49. The number of unbranched alkanes of at least 4 members (excludes halogenated alkanes) is 1. The normalized spacial score (nSPS) is 14.2. The molecular formula is C22H24N4O4S. The van der Waals surface area contributed by atoms with Crippen LogP contribution in [0.3, 0.4) is 0 Å². The maximum absolute atomic E-state index is 13.2. The van der Waals surface area contributed by atoms with Gasteiger partial charge in [-0.15, -0.1) is 11.3 Å². The Balaban J connectivity index is 1.72. The van der Waals surface area contributed by atoms with Gasteiger partial charge in [-0.2, -0.15) is 0 Å². The molecule has 8 nitrogen and oxygen atoms in total. The lowest BCUT2D eigenvalue weighted by molar-refractivity contribution is 0.0691. The maximum Gasteiger partial charge on any atom is 0.343 e. The molecule has 0 aliphatic carbocycles. The van der Waals surface area contributed by atoms with Gasteiger partial charge in [-0.3, -0.25) is 14.2 Å². The molecule has 1 aliphatic rings. The Morgan fingerprint density at radius 3 is 2.58 bits per heavy atom. The van der Waals surface area contributed by atoms with Gasteiger partial charge in [0.1, 0.15) is 11.2 Å². The van der Waals surface area contributed by atoms with Crippen molar-refractivity contribution in [2.75, 3.05) is 31.1 Å². The van der Waals surface area contributed by atoms with Crippen LogP contribution in [0, 0.1) is 0 Å². The number of carbonyl (C=O) groups is 2. The minimum atomic E-state index is -1.24. The van der Waals surface area contributed by atoms with E-state index in [1.807, 2.05) is 29.3 Å². The van der Waals surface area contributed by atoms with E-state index in [0.29, 0.717) is 54.3 Å². The highest BCUT2D eigenvalue weighted by Crippen LogP contribution is 2.29. The summed E-state index contributed by atoms with van der Waals surface area (Å²) in [6.45, 7) is 4.24. The molecule has 1 amide bonds. The second kappa shape index (κ2) is 8.89. The third kappa shape index (κ3) is 3.93. The highest BCUT2D eigenvalue weighted by atomic mass is 32.1. The van der Waals surface area contributed by atoms with Gasteiger partial charge in [-0.1, -0.05) is 19.4 Å². The van der Waals surface area contributed by atoms with E-state index in [2.05, 4.69) is 4.98 Å². The monoisotopic (exact) mass is 440 g/mol. The van der Waals surface area contributed by atoms with E-state index in [1.165, 1.54) is 15.9 Å². The van der Waals surface area contributed by atoms with Crippen molar-refractivity contribution in [2.45, 2.75) is 26.3 Å². The highest BCUT2D eigenvalue weighted by Gasteiger charge is 2.29. The number of hydrogen-bond acceptors (Lipinski definition) is 6. The van der Waals surface area contributed by atoms with E-state index in [4.69, 9.17) is 0 Å². The zero-order chi connectivity index (χ0) is 22.0. The van der Waals surface area contributed by atoms with Crippen molar-refractivity contribution in [1.82, 2.24) is 14.5 Å². The van der Waals surface area contributed by atoms with Crippen molar-refractivity contribution >= 4 is 39.9 Å². The van der Waals surface area contributed by atoms with Gasteiger partial charge in [0.25, 0.3) is 11.5 Å². The van der Waals surface area contributed by atoms with Gasteiger partial charge in [0.15, 0.2) is 0 Å². The molecule has 0 bridgehead atoms. The van der Waals surface area contributed by atoms with Crippen LogP contribution in [0.4, 0.5) is 5.69 Å². The van der Waals surface area contributed by atoms with Gasteiger partial charge in [0.2, 0.25) is 0 Å². The summed E-state index contributed by atoms with van der Waals surface area (Å²) < 4.78 is 1.47. The fraction of sp³-hybridized carbons (Fsp3) is 0.364. The fourth-order valence-corrected chi connectivity index (χ4v) is 4.69.